The number of sulfonamides is 1. The van der Waals surface area contributed by atoms with Gasteiger partial charge in [0.05, 0.1) is 24.6 Å². The molecule has 1 aromatic carbocycles. The highest BCUT2D eigenvalue weighted by Gasteiger charge is 2.31. The fraction of sp³-hybridized carbons (Fsp3) is 0.571. The third-order valence-corrected chi connectivity index (χ3v) is 5.66. The van der Waals surface area contributed by atoms with Gasteiger partial charge in [0.2, 0.25) is 10.0 Å². The van der Waals surface area contributed by atoms with Crippen LogP contribution in [0.5, 0.6) is 0 Å². The maximum atomic E-state index is 12.1. The summed E-state index contributed by atoms with van der Waals surface area (Å²) < 4.78 is 32.0. The van der Waals surface area contributed by atoms with E-state index in [1.165, 1.54) is 17.0 Å². The van der Waals surface area contributed by atoms with Crippen LogP contribution in [0.15, 0.2) is 28.7 Å². The number of halogens is 1. The normalized spacial score (nSPS) is 17.6. The van der Waals surface area contributed by atoms with E-state index in [-0.39, 0.29) is 6.10 Å². The van der Waals surface area contributed by atoms with Gasteiger partial charge in [-0.25, -0.2) is 8.42 Å². The molecule has 1 saturated carbocycles. The Morgan fingerprint density at radius 2 is 2.05 bits per heavy atom. The molecule has 1 fully saturated rings. The molecule has 0 spiro atoms. The molecule has 6 heteroatoms. The van der Waals surface area contributed by atoms with Gasteiger partial charge in [-0.3, -0.25) is 4.31 Å². The molecule has 20 heavy (non-hydrogen) atoms. The van der Waals surface area contributed by atoms with E-state index < -0.39 is 10.0 Å². The summed E-state index contributed by atoms with van der Waals surface area (Å²) in [6, 6.07) is 7.36. The van der Waals surface area contributed by atoms with Gasteiger partial charge in [0.1, 0.15) is 0 Å². The molecule has 112 valence electrons. The molecule has 0 aromatic heterocycles. The minimum Gasteiger partial charge on any atom is -0.379 e. The molecule has 1 unspecified atom stereocenters. The molecule has 0 heterocycles. The number of hydrogen-bond donors (Lipinski definition) is 0. The fourth-order valence-corrected chi connectivity index (χ4v) is 4.01. The largest absolute Gasteiger partial charge is 0.379 e. The molecule has 1 atom stereocenters. The van der Waals surface area contributed by atoms with Crippen LogP contribution < -0.4 is 4.31 Å². The summed E-state index contributed by atoms with van der Waals surface area (Å²) in [6.45, 7) is 0.364. The van der Waals surface area contributed by atoms with Gasteiger partial charge < -0.3 is 4.74 Å². The summed E-state index contributed by atoms with van der Waals surface area (Å²) in [5, 5.41) is 0. The van der Waals surface area contributed by atoms with Gasteiger partial charge in [-0.1, -0.05) is 18.6 Å². The average molecular weight is 362 g/mol. The Morgan fingerprint density at radius 3 is 2.50 bits per heavy atom. The standard InChI is InChI=1S/C14H20BrNO3S/c1-19-14(11-6-5-7-11)10-16(20(2,17)18)13-9-4-3-8-12(13)15/h3-4,8-9,11,14H,5-7,10H2,1-2H3. The lowest BCUT2D eigenvalue weighted by Crippen LogP contribution is -2.42. The number of nitrogens with zero attached hydrogens (tertiary/aromatic N) is 1. The molecular formula is C14H20BrNO3S. The van der Waals surface area contributed by atoms with Crippen molar-refractivity contribution in [2.75, 3.05) is 24.2 Å². The number of ether oxygens (including phenoxy) is 1. The Kier molecular flexibility index (Phi) is 5.09. The number of para-hydroxylation sites is 1. The van der Waals surface area contributed by atoms with E-state index in [1.54, 1.807) is 13.2 Å². The third kappa shape index (κ3) is 3.54. The van der Waals surface area contributed by atoms with Crippen LogP contribution in [0.2, 0.25) is 0 Å². The molecule has 0 N–H and O–H groups in total. The molecule has 4 nitrogen and oxygen atoms in total. The van der Waals surface area contributed by atoms with Gasteiger partial charge in [0, 0.05) is 11.6 Å². The smallest absolute Gasteiger partial charge is 0.232 e. The van der Waals surface area contributed by atoms with Crippen molar-refractivity contribution in [3.8, 4) is 0 Å². The van der Waals surface area contributed by atoms with E-state index in [0.29, 0.717) is 18.2 Å². The molecule has 1 aliphatic rings. The second-order valence-electron chi connectivity index (χ2n) is 5.21. The lowest BCUT2D eigenvalue weighted by atomic mass is 9.81. The molecule has 0 aliphatic heterocycles. The Balaban J connectivity index is 2.27. The highest BCUT2D eigenvalue weighted by molar-refractivity contribution is 9.10. The van der Waals surface area contributed by atoms with E-state index in [0.717, 1.165) is 17.3 Å². The van der Waals surface area contributed by atoms with E-state index >= 15 is 0 Å². The van der Waals surface area contributed by atoms with Crippen LogP contribution in [-0.2, 0) is 14.8 Å². The van der Waals surface area contributed by atoms with Crippen molar-refractivity contribution < 1.29 is 13.2 Å². The molecule has 1 aliphatic carbocycles. The Hall–Kier alpha value is -0.590. The van der Waals surface area contributed by atoms with Crippen LogP contribution in [0.4, 0.5) is 5.69 Å². The Bertz CT molecular complexity index is 557. The molecule has 2 rings (SSSR count). The number of methoxy groups -OCH3 is 1. The zero-order valence-electron chi connectivity index (χ0n) is 11.8. The maximum Gasteiger partial charge on any atom is 0.232 e. The van der Waals surface area contributed by atoms with Gasteiger partial charge in [-0.05, 0) is 46.8 Å². The maximum absolute atomic E-state index is 12.1. The van der Waals surface area contributed by atoms with Gasteiger partial charge in [-0.15, -0.1) is 0 Å². The summed E-state index contributed by atoms with van der Waals surface area (Å²) in [5.41, 5.74) is 0.663. The van der Waals surface area contributed by atoms with Crippen LogP contribution in [0.1, 0.15) is 19.3 Å². The zero-order chi connectivity index (χ0) is 14.8. The topological polar surface area (TPSA) is 46.6 Å². The van der Waals surface area contributed by atoms with Crippen LogP contribution in [0, 0.1) is 5.92 Å². The van der Waals surface area contributed by atoms with Crippen LogP contribution >= 0.6 is 15.9 Å². The summed E-state index contributed by atoms with van der Waals surface area (Å²) in [7, 11) is -1.68. The summed E-state index contributed by atoms with van der Waals surface area (Å²) in [4.78, 5) is 0. The van der Waals surface area contributed by atoms with E-state index in [4.69, 9.17) is 4.74 Å². The van der Waals surface area contributed by atoms with Crippen molar-refractivity contribution in [2.24, 2.45) is 5.92 Å². The first kappa shape index (κ1) is 15.8. The molecule has 0 saturated heterocycles. The van der Waals surface area contributed by atoms with Gasteiger partial charge in [-0.2, -0.15) is 0 Å². The minimum atomic E-state index is -3.34. The fourth-order valence-electron chi connectivity index (χ4n) is 2.46. The minimum absolute atomic E-state index is 0.0504. The number of hydrogen-bond acceptors (Lipinski definition) is 3. The second kappa shape index (κ2) is 6.45. The van der Waals surface area contributed by atoms with Crippen molar-refractivity contribution in [3.63, 3.8) is 0 Å². The lowest BCUT2D eigenvalue weighted by molar-refractivity contribution is 0.0267. The van der Waals surface area contributed by atoms with Gasteiger partial charge in [0.25, 0.3) is 0 Å². The number of rotatable bonds is 6. The van der Waals surface area contributed by atoms with E-state index in [1.807, 2.05) is 18.2 Å². The predicted molar refractivity (Wildman–Crippen MR) is 84.5 cm³/mol. The van der Waals surface area contributed by atoms with Crippen molar-refractivity contribution in [2.45, 2.75) is 25.4 Å². The van der Waals surface area contributed by atoms with Crippen LogP contribution in [0.3, 0.4) is 0 Å². The van der Waals surface area contributed by atoms with Crippen molar-refractivity contribution in [1.29, 1.82) is 0 Å². The molecular weight excluding hydrogens is 342 g/mol. The molecule has 0 radical (unpaired) electrons. The quantitative estimate of drug-likeness (QED) is 0.782. The summed E-state index contributed by atoms with van der Waals surface area (Å²) >= 11 is 3.42. The SMILES string of the molecule is COC(CN(c1ccccc1Br)S(C)(=O)=O)C1CCC1. The molecule has 0 bridgehead atoms. The van der Waals surface area contributed by atoms with Crippen molar-refractivity contribution in [3.05, 3.63) is 28.7 Å². The Morgan fingerprint density at radius 1 is 1.40 bits per heavy atom. The molecule has 0 amide bonds. The third-order valence-electron chi connectivity index (χ3n) is 3.85. The summed E-state index contributed by atoms with van der Waals surface area (Å²) in [6.07, 6.45) is 4.63. The van der Waals surface area contributed by atoms with Gasteiger partial charge >= 0.3 is 0 Å². The first-order valence-electron chi connectivity index (χ1n) is 6.68. The average Bonchev–Trinajstić information content (AvgIpc) is 2.31. The highest BCUT2D eigenvalue weighted by Crippen LogP contribution is 2.34. The molecule has 1 aromatic rings. The number of benzene rings is 1. The monoisotopic (exact) mass is 361 g/mol. The first-order valence-corrected chi connectivity index (χ1v) is 9.32. The van der Waals surface area contributed by atoms with Crippen molar-refractivity contribution in [1.82, 2.24) is 0 Å². The number of anilines is 1. The summed E-state index contributed by atoms with van der Waals surface area (Å²) in [5.74, 6) is 0.465. The first-order chi connectivity index (χ1) is 9.43. The lowest BCUT2D eigenvalue weighted by Gasteiger charge is -2.36. The van der Waals surface area contributed by atoms with Gasteiger partial charge in [0.15, 0.2) is 0 Å². The van der Waals surface area contributed by atoms with Crippen LogP contribution in [-0.4, -0.2) is 34.4 Å². The highest BCUT2D eigenvalue weighted by atomic mass is 79.9. The predicted octanol–water partition coefficient (Wildman–Crippen LogP) is 3.03. The zero-order valence-corrected chi connectivity index (χ0v) is 14.2. The van der Waals surface area contributed by atoms with E-state index in [2.05, 4.69) is 15.9 Å². The Labute approximate surface area is 129 Å². The van der Waals surface area contributed by atoms with E-state index in [9.17, 15) is 8.42 Å². The van der Waals surface area contributed by atoms with Crippen LogP contribution in [0.25, 0.3) is 0 Å². The second-order valence-corrected chi connectivity index (χ2v) is 7.97. The van der Waals surface area contributed by atoms with Crippen molar-refractivity contribution >= 4 is 31.6 Å².